The number of nitrogens with two attached hydrogens (primary N) is 1. The van der Waals surface area contributed by atoms with Crippen LogP contribution in [0.1, 0.15) is 58.9 Å². The molecule has 2 aromatic rings. The van der Waals surface area contributed by atoms with Crippen molar-refractivity contribution in [3.05, 3.63) is 51.2 Å². The van der Waals surface area contributed by atoms with Crippen molar-refractivity contribution < 1.29 is 14.3 Å². The molecule has 0 aliphatic carbocycles. The van der Waals surface area contributed by atoms with Gasteiger partial charge in [0.1, 0.15) is 5.75 Å². The number of aryl methyl sites for hydroxylation is 1. The number of rotatable bonds is 6. The van der Waals surface area contributed by atoms with E-state index in [9.17, 15) is 9.59 Å². The molecule has 1 aromatic heterocycles. The number of carbonyl (C=O) groups excluding carboxylic acids is 2. The van der Waals surface area contributed by atoms with Crippen LogP contribution in [0.3, 0.4) is 0 Å². The summed E-state index contributed by atoms with van der Waals surface area (Å²) in [5, 5.41) is 1.79. The lowest BCUT2D eigenvalue weighted by molar-refractivity contribution is 0.0907. The Morgan fingerprint density at radius 3 is 2.42 bits per heavy atom. The van der Waals surface area contributed by atoms with Crippen LogP contribution in [0.5, 0.6) is 5.75 Å². The average Bonchev–Trinajstić information content (AvgIpc) is 2.96. The van der Waals surface area contributed by atoms with Crippen molar-refractivity contribution in [2.75, 3.05) is 0 Å². The summed E-state index contributed by atoms with van der Waals surface area (Å²) in [5.41, 5.74) is 6.74. The molecule has 1 heterocycles. The van der Waals surface area contributed by atoms with Crippen molar-refractivity contribution in [3.8, 4) is 5.75 Å². The van der Waals surface area contributed by atoms with Crippen molar-refractivity contribution in [2.45, 2.75) is 46.1 Å². The minimum Gasteiger partial charge on any atom is -0.491 e. The predicted molar refractivity (Wildman–Crippen MR) is 97.1 cm³/mol. The molecule has 0 radical (unpaired) electrons. The number of ether oxygens (including phenoxy) is 1. The van der Waals surface area contributed by atoms with Gasteiger partial charge in [-0.1, -0.05) is 0 Å². The largest absolute Gasteiger partial charge is 0.491 e. The summed E-state index contributed by atoms with van der Waals surface area (Å²) in [7, 11) is 0. The van der Waals surface area contributed by atoms with Gasteiger partial charge in [0.25, 0.3) is 5.91 Å². The fourth-order valence-corrected chi connectivity index (χ4v) is 3.59. The van der Waals surface area contributed by atoms with Gasteiger partial charge < -0.3 is 10.5 Å². The van der Waals surface area contributed by atoms with Crippen LogP contribution in [0.25, 0.3) is 0 Å². The first-order valence-electron chi connectivity index (χ1n) is 7.84. The van der Waals surface area contributed by atoms with Crippen molar-refractivity contribution in [1.29, 1.82) is 0 Å². The van der Waals surface area contributed by atoms with Gasteiger partial charge in [-0.2, -0.15) is 0 Å². The lowest BCUT2D eigenvalue weighted by atomic mass is 9.77. The number of amides is 1. The van der Waals surface area contributed by atoms with Crippen LogP contribution in [0.15, 0.2) is 29.6 Å². The highest BCUT2D eigenvalue weighted by Gasteiger charge is 2.35. The summed E-state index contributed by atoms with van der Waals surface area (Å²) in [4.78, 5) is 25.1. The van der Waals surface area contributed by atoms with E-state index >= 15 is 0 Å². The third kappa shape index (κ3) is 3.51. The number of primary amides is 1. The second kappa shape index (κ2) is 6.77. The first-order valence-corrected chi connectivity index (χ1v) is 8.72. The number of ketones is 1. The maximum atomic E-state index is 13.1. The van der Waals surface area contributed by atoms with Gasteiger partial charge in [-0.15, -0.1) is 11.3 Å². The van der Waals surface area contributed by atoms with Crippen LogP contribution in [-0.4, -0.2) is 17.8 Å². The van der Waals surface area contributed by atoms with Crippen LogP contribution < -0.4 is 10.5 Å². The summed E-state index contributed by atoms with van der Waals surface area (Å²) in [6.07, 6.45) is 0.0753. The Bertz CT molecular complexity index is 775. The number of hydrogen-bond acceptors (Lipinski definition) is 4. The van der Waals surface area contributed by atoms with Gasteiger partial charge >= 0.3 is 0 Å². The highest BCUT2D eigenvalue weighted by molar-refractivity contribution is 7.12. The van der Waals surface area contributed by atoms with Gasteiger partial charge in [-0.3, -0.25) is 9.59 Å². The summed E-state index contributed by atoms with van der Waals surface area (Å²) >= 11 is 1.26. The second-order valence-electron chi connectivity index (χ2n) is 6.63. The maximum absolute atomic E-state index is 13.1. The Hall–Kier alpha value is -2.14. The second-order valence-corrected chi connectivity index (χ2v) is 7.54. The molecule has 0 spiro atoms. The first-order chi connectivity index (χ1) is 11.1. The van der Waals surface area contributed by atoms with E-state index in [4.69, 9.17) is 10.5 Å². The van der Waals surface area contributed by atoms with Gasteiger partial charge in [-0.25, -0.2) is 0 Å². The zero-order valence-electron chi connectivity index (χ0n) is 14.7. The molecule has 4 nitrogen and oxygen atoms in total. The zero-order valence-corrected chi connectivity index (χ0v) is 15.5. The van der Waals surface area contributed by atoms with Crippen molar-refractivity contribution in [2.24, 2.45) is 5.73 Å². The molecule has 24 heavy (non-hydrogen) atoms. The van der Waals surface area contributed by atoms with Gasteiger partial charge in [0.15, 0.2) is 5.78 Å². The zero-order chi connectivity index (χ0) is 18.1. The molecular weight excluding hydrogens is 322 g/mol. The molecule has 0 bridgehead atoms. The van der Waals surface area contributed by atoms with E-state index in [1.165, 1.54) is 11.3 Å². The molecule has 0 fully saturated rings. The van der Waals surface area contributed by atoms with Gasteiger partial charge in [-0.05, 0) is 75.4 Å². The van der Waals surface area contributed by atoms with Crippen LogP contribution in [0.4, 0.5) is 0 Å². The summed E-state index contributed by atoms with van der Waals surface area (Å²) < 4.78 is 5.67. The molecule has 0 aliphatic rings. The molecule has 5 heteroatoms. The maximum Gasteiger partial charge on any atom is 0.259 e. The minimum absolute atomic E-state index is 0.0444. The lowest BCUT2D eigenvalue weighted by Crippen LogP contribution is -2.31. The molecule has 1 aromatic carbocycles. The SMILES string of the molecule is Cc1cc(OC(C)C)ccc1C(=O)C(C)(C)c1ccsc1C(N)=O. The Morgan fingerprint density at radius 1 is 1.21 bits per heavy atom. The Labute approximate surface area is 146 Å². The smallest absolute Gasteiger partial charge is 0.259 e. The molecular formula is C19H23NO3S. The first kappa shape index (κ1) is 18.2. The predicted octanol–water partition coefficient (Wildman–Crippen LogP) is 4.10. The Balaban J connectivity index is 2.40. The molecule has 1 amide bonds. The van der Waals surface area contributed by atoms with E-state index in [1.807, 2.05) is 40.7 Å². The quantitative estimate of drug-likeness (QED) is 0.801. The summed E-state index contributed by atoms with van der Waals surface area (Å²) in [6.45, 7) is 9.45. The Morgan fingerprint density at radius 2 is 1.88 bits per heavy atom. The topological polar surface area (TPSA) is 69.4 Å². The van der Waals surface area contributed by atoms with Crippen LogP contribution in [-0.2, 0) is 5.41 Å². The number of thiophene rings is 1. The fraction of sp³-hybridized carbons (Fsp3) is 0.368. The number of benzene rings is 1. The molecule has 0 unspecified atom stereocenters. The minimum atomic E-state index is -0.838. The van der Waals surface area contributed by atoms with E-state index in [2.05, 4.69) is 0 Å². The van der Waals surface area contributed by atoms with Crippen LogP contribution in [0.2, 0.25) is 0 Å². The molecule has 2 rings (SSSR count). The van der Waals surface area contributed by atoms with Crippen molar-refractivity contribution in [3.63, 3.8) is 0 Å². The van der Waals surface area contributed by atoms with E-state index in [-0.39, 0.29) is 11.9 Å². The average molecular weight is 345 g/mol. The van der Waals surface area contributed by atoms with Gasteiger partial charge in [0, 0.05) is 5.56 Å². The van der Waals surface area contributed by atoms with Crippen LogP contribution in [0, 0.1) is 6.92 Å². The molecule has 2 N–H and O–H groups in total. The monoisotopic (exact) mass is 345 g/mol. The summed E-state index contributed by atoms with van der Waals surface area (Å²) in [5.74, 6) is 0.195. The van der Waals surface area contributed by atoms with E-state index in [1.54, 1.807) is 23.6 Å². The molecule has 0 aliphatic heterocycles. The highest BCUT2D eigenvalue weighted by Crippen LogP contribution is 2.34. The van der Waals surface area contributed by atoms with E-state index < -0.39 is 11.3 Å². The molecule has 0 saturated carbocycles. The number of Topliss-reactive ketones (excluding diaryl/α,β-unsaturated/α-hetero) is 1. The lowest BCUT2D eigenvalue weighted by Gasteiger charge is -2.24. The number of hydrogen-bond donors (Lipinski definition) is 1. The van der Waals surface area contributed by atoms with Gasteiger partial charge in [0.2, 0.25) is 0 Å². The fourth-order valence-electron chi connectivity index (χ4n) is 2.69. The highest BCUT2D eigenvalue weighted by atomic mass is 32.1. The van der Waals surface area contributed by atoms with Crippen LogP contribution >= 0.6 is 11.3 Å². The molecule has 128 valence electrons. The third-order valence-corrected chi connectivity index (χ3v) is 4.87. The van der Waals surface area contributed by atoms with E-state index in [0.29, 0.717) is 16.0 Å². The molecule has 0 saturated heterocycles. The van der Waals surface area contributed by atoms with Crippen molar-refractivity contribution >= 4 is 23.0 Å². The molecule has 0 atom stereocenters. The van der Waals surface area contributed by atoms with E-state index in [0.717, 1.165) is 11.3 Å². The normalized spacial score (nSPS) is 11.6. The standard InChI is InChI=1S/C19H23NO3S/c1-11(2)23-13-6-7-14(12(3)10-13)17(21)19(4,5)15-8-9-24-16(15)18(20)22/h6-11H,1-5H3,(H2,20,22). The third-order valence-electron chi connectivity index (χ3n) is 3.94. The summed E-state index contributed by atoms with van der Waals surface area (Å²) in [6, 6.07) is 7.26. The van der Waals surface area contributed by atoms with Gasteiger partial charge in [0.05, 0.1) is 16.4 Å². The number of carbonyl (C=O) groups is 2. The van der Waals surface area contributed by atoms with Crippen molar-refractivity contribution in [1.82, 2.24) is 0 Å². The Kier molecular flexibility index (Phi) is 5.13.